The highest BCUT2D eigenvalue weighted by molar-refractivity contribution is 7.90. The smallest absolute Gasteiger partial charge is 0.321 e. The largest absolute Gasteiger partial charge is 0.336 e. The van der Waals surface area contributed by atoms with Crippen molar-refractivity contribution < 1.29 is 13.2 Å². The van der Waals surface area contributed by atoms with Crippen LogP contribution in [0.25, 0.3) is 0 Å². The van der Waals surface area contributed by atoms with Crippen molar-refractivity contribution in [2.24, 2.45) is 0 Å². The lowest BCUT2D eigenvalue weighted by molar-refractivity contribution is 0.252. The van der Waals surface area contributed by atoms with Gasteiger partial charge in [-0.3, -0.25) is 9.62 Å². The minimum absolute atomic E-state index is 0.133. The maximum absolute atomic E-state index is 12.1. The molecule has 2 rings (SSSR count). The lowest BCUT2D eigenvalue weighted by Gasteiger charge is -2.20. The molecule has 0 radical (unpaired) electrons. The van der Waals surface area contributed by atoms with E-state index in [9.17, 15) is 13.2 Å². The lowest BCUT2D eigenvalue weighted by atomic mass is 10.2. The summed E-state index contributed by atoms with van der Waals surface area (Å²) in [7, 11) is -3.53. The summed E-state index contributed by atoms with van der Waals surface area (Å²) in [5, 5.41) is 2.72. The van der Waals surface area contributed by atoms with Crippen molar-refractivity contribution in [3.8, 4) is 0 Å². The number of hydrogen-bond acceptors (Lipinski definition) is 3. The summed E-state index contributed by atoms with van der Waals surface area (Å²) in [5.74, 6) is 0. The maximum Gasteiger partial charge on any atom is 0.321 e. The third-order valence-corrected chi connectivity index (χ3v) is 5.02. The Balaban J connectivity index is 2.11. The van der Waals surface area contributed by atoms with E-state index in [0.717, 1.165) is 5.69 Å². The molecule has 0 spiro atoms. The van der Waals surface area contributed by atoms with Gasteiger partial charge in [0.1, 0.15) is 0 Å². The third kappa shape index (κ3) is 3.45. The molecule has 1 heterocycles. The standard InChI is InChI=1S/C13H20N4O3S/c1-3-16(4-2)21(19,20)15-11-5-7-12(8-6-11)17-10-9-14-13(17)18/h5-8,15H,3-4,9-10H2,1-2H3,(H,14,18). The fourth-order valence-corrected chi connectivity index (χ4v) is 3.45. The molecular formula is C13H20N4O3S. The molecule has 7 nitrogen and oxygen atoms in total. The van der Waals surface area contributed by atoms with Crippen LogP contribution < -0.4 is 14.9 Å². The molecule has 1 saturated heterocycles. The maximum atomic E-state index is 12.1. The van der Waals surface area contributed by atoms with Crippen LogP contribution >= 0.6 is 0 Å². The average Bonchev–Trinajstić information content (AvgIpc) is 2.86. The van der Waals surface area contributed by atoms with E-state index in [4.69, 9.17) is 0 Å². The highest BCUT2D eigenvalue weighted by atomic mass is 32.2. The van der Waals surface area contributed by atoms with Crippen LogP contribution in [0.1, 0.15) is 13.8 Å². The van der Waals surface area contributed by atoms with E-state index in [0.29, 0.717) is 31.9 Å². The molecule has 21 heavy (non-hydrogen) atoms. The van der Waals surface area contributed by atoms with Crippen LogP contribution in [0.15, 0.2) is 24.3 Å². The first-order chi connectivity index (χ1) is 9.97. The molecule has 0 aliphatic carbocycles. The van der Waals surface area contributed by atoms with Gasteiger partial charge in [-0.05, 0) is 24.3 Å². The van der Waals surface area contributed by atoms with Crippen molar-refractivity contribution in [2.45, 2.75) is 13.8 Å². The summed E-state index contributed by atoms with van der Waals surface area (Å²) < 4.78 is 28.1. The van der Waals surface area contributed by atoms with Gasteiger partial charge in [-0.15, -0.1) is 0 Å². The van der Waals surface area contributed by atoms with Gasteiger partial charge >= 0.3 is 16.2 Å². The number of hydrogen-bond donors (Lipinski definition) is 2. The van der Waals surface area contributed by atoms with E-state index < -0.39 is 10.2 Å². The van der Waals surface area contributed by atoms with Crippen LogP contribution in [0, 0.1) is 0 Å². The summed E-state index contributed by atoms with van der Waals surface area (Å²) in [5.41, 5.74) is 1.22. The predicted octanol–water partition coefficient (Wildman–Crippen LogP) is 1.21. The van der Waals surface area contributed by atoms with Crippen LogP contribution in [0.2, 0.25) is 0 Å². The summed E-state index contributed by atoms with van der Waals surface area (Å²) in [4.78, 5) is 13.2. The zero-order valence-electron chi connectivity index (χ0n) is 12.2. The predicted molar refractivity (Wildman–Crippen MR) is 82.7 cm³/mol. The highest BCUT2D eigenvalue weighted by Gasteiger charge is 2.21. The molecule has 0 bridgehead atoms. The number of amides is 2. The second-order valence-corrected chi connectivity index (χ2v) is 6.29. The van der Waals surface area contributed by atoms with Gasteiger partial charge in [0.15, 0.2) is 0 Å². The number of rotatable bonds is 6. The number of anilines is 2. The summed E-state index contributed by atoms with van der Waals surface area (Å²) in [6.07, 6.45) is 0. The van der Waals surface area contributed by atoms with E-state index in [1.807, 2.05) is 0 Å². The van der Waals surface area contributed by atoms with E-state index in [-0.39, 0.29) is 6.03 Å². The molecule has 116 valence electrons. The van der Waals surface area contributed by atoms with Crippen molar-refractivity contribution in [1.82, 2.24) is 9.62 Å². The first-order valence-electron chi connectivity index (χ1n) is 6.91. The topological polar surface area (TPSA) is 81.8 Å². The van der Waals surface area contributed by atoms with E-state index in [1.165, 1.54) is 4.31 Å². The fraction of sp³-hybridized carbons (Fsp3) is 0.462. The lowest BCUT2D eigenvalue weighted by Crippen LogP contribution is -2.35. The van der Waals surface area contributed by atoms with Crippen LogP contribution in [0.5, 0.6) is 0 Å². The fourth-order valence-electron chi connectivity index (χ4n) is 2.20. The second-order valence-electron chi connectivity index (χ2n) is 4.62. The molecule has 1 aromatic carbocycles. The molecule has 8 heteroatoms. The van der Waals surface area contributed by atoms with Gasteiger partial charge in [-0.1, -0.05) is 13.8 Å². The minimum Gasteiger partial charge on any atom is -0.336 e. The van der Waals surface area contributed by atoms with Gasteiger partial charge < -0.3 is 5.32 Å². The number of carbonyl (C=O) groups is 1. The molecule has 1 aliphatic heterocycles. The van der Waals surface area contributed by atoms with E-state index in [2.05, 4.69) is 10.0 Å². The van der Waals surface area contributed by atoms with Gasteiger partial charge in [0, 0.05) is 37.6 Å². The minimum atomic E-state index is -3.53. The average molecular weight is 312 g/mol. The Morgan fingerprint density at radius 2 is 1.86 bits per heavy atom. The van der Waals surface area contributed by atoms with Gasteiger partial charge in [0.25, 0.3) is 0 Å². The van der Waals surface area contributed by atoms with E-state index >= 15 is 0 Å². The van der Waals surface area contributed by atoms with Crippen molar-refractivity contribution in [1.29, 1.82) is 0 Å². The zero-order chi connectivity index (χ0) is 15.5. The van der Waals surface area contributed by atoms with Crippen molar-refractivity contribution in [3.05, 3.63) is 24.3 Å². The molecule has 2 N–H and O–H groups in total. The zero-order valence-corrected chi connectivity index (χ0v) is 13.0. The Morgan fingerprint density at radius 1 is 1.24 bits per heavy atom. The molecule has 2 amide bonds. The van der Waals surface area contributed by atoms with Crippen molar-refractivity contribution >= 4 is 27.6 Å². The Kier molecular flexibility index (Phi) is 4.69. The Labute approximate surface area is 125 Å². The third-order valence-electron chi connectivity index (χ3n) is 3.33. The molecular weight excluding hydrogens is 292 g/mol. The molecule has 1 aromatic rings. The molecule has 0 unspecified atom stereocenters. The summed E-state index contributed by atoms with van der Waals surface area (Å²) >= 11 is 0. The first kappa shape index (κ1) is 15.6. The Bertz CT molecular complexity index is 596. The first-order valence-corrected chi connectivity index (χ1v) is 8.35. The normalized spacial score (nSPS) is 15.4. The SMILES string of the molecule is CCN(CC)S(=O)(=O)Nc1ccc(N2CCNC2=O)cc1. The Morgan fingerprint density at radius 3 is 2.33 bits per heavy atom. The molecule has 0 saturated carbocycles. The molecule has 1 fully saturated rings. The summed E-state index contributed by atoms with van der Waals surface area (Å²) in [6, 6.07) is 6.63. The number of nitrogens with zero attached hydrogens (tertiary/aromatic N) is 2. The van der Waals surface area contributed by atoms with Gasteiger partial charge in [0.05, 0.1) is 0 Å². The number of benzene rings is 1. The van der Waals surface area contributed by atoms with Crippen LogP contribution in [0.3, 0.4) is 0 Å². The van der Waals surface area contributed by atoms with Crippen LogP contribution in [-0.4, -0.2) is 44.9 Å². The van der Waals surface area contributed by atoms with Crippen LogP contribution in [0.4, 0.5) is 16.2 Å². The van der Waals surface area contributed by atoms with Gasteiger partial charge in [0.2, 0.25) is 0 Å². The Hall–Kier alpha value is -1.80. The number of carbonyl (C=O) groups excluding carboxylic acids is 1. The second kappa shape index (κ2) is 6.31. The summed E-state index contributed by atoms with van der Waals surface area (Å²) in [6.45, 7) is 5.64. The van der Waals surface area contributed by atoms with Gasteiger partial charge in [-0.2, -0.15) is 12.7 Å². The van der Waals surface area contributed by atoms with Crippen LogP contribution in [-0.2, 0) is 10.2 Å². The number of urea groups is 1. The van der Waals surface area contributed by atoms with Crippen molar-refractivity contribution in [3.63, 3.8) is 0 Å². The molecule has 0 atom stereocenters. The van der Waals surface area contributed by atoms with Gasteiger partial charge in [-0.25, -0.2) is 4.79 Å². The quantitative estimate of drug-likeness (QED) is 0.828. The highest BCUT2D eigenvalue weighted by Crippen LogP contribution is 2.20. The molecule has 1 aliphatic rings. The van der Waals surface area contributed by atoms with Crippen molar-refractivity contribution in [2.75, 3.05) is 35.8 Å². The molecule has 0 aromatic heterocycles. The van der Waals surface area contributed by atoms with E-state index in [1.54, 1.807) is 43.0 Å². The monoisotopic (exact) mass is 312 g/mol. The number of nitrogens with one attached hydrogen (secondary N) is 2.